The van der Waals surface area contributed by atoms with Crippen LogP contribution in [0.3, 0.4) is 0 Å². The van der Waals surface area contributed by atoms with Crippen LogP contribution in [0.2, 0.25) is 0 Å². The van der Waals surface area contributed by atoms with Crippen molar-refractivity contribution in [3.8, 4) is 0 Å². The summed E-state index contributed by atoms with van der Waals surface area (Å²) in [6.07, 6.45) is 1.79. The Morgan fingerprint density at radius 3 is 2.74 bits per heavy atom. The molecular weight excluding hydrogens is 262 g/mol. The molecule has 0 atom stereocenters. The van der Waals surface area contributed by atoms with Crippen LogP contribution in [0.5, 0.6) is 0 Å². The fourth-order valence-electron chi connectivity index (χ4n) is 1.74. The minimum atomic E-state index is -0.210. The van der Waals surface area contributed by atoms with Crippen LogP contribution in [0.15, 0.2) is 26.7 Å². The van der Waals surface area contributed by atoms with Crippen molar-refractivity contribution in [3.63, 3.8) is 0 Å². The molecule has 0 aliphatic heterocycles. The van der Waals surface area contributed by atoms with Gasteiger partial charge in [-0.15, -0.1) is 0 Å². The third-order valence-corrected chi connectivity index (χ3v) is 3.88. The van der Waals surface area contributed by atoms with Crippen LogP contribution < -0.4 is 5.56 Å². The summed E-state index contributed by atoms with van der Waals surface area (Å²) in [6.45, 7) is 7.93. The highest BCUT2D eigenvalue weighted by Gasteiger charge is 2.12. The summed E-state index contributed by atoms with van der Waals surface area (Å²) < 4.78 is 7.12. The van der Waals surface area contributed by atoms with E-state index >= 15 is 0 Å². The van der Waals surface area contributed by atoms with Gasteiger partial charge in [-0.3, -0.25) is 4.79 Å². The van der Waals surface area contributed by atoms with E-state index in [9.17, 15) is 4.79 Å². The zero-order valence-electron chi connectivity index (χ0n) is 11.5. The predicted octanol–water partition coefficient (Wildman–Crippen LogP) is 2.72. The maximum absolute atomic E-state index is 11.4. The molecule has 19 heavy (non-hydrogen) atoms. The van der Waals surface area contributed by atoms with Crippen LogP contribution in [0.4, 0.5) is 0 Å². The molecule has 0 aromatic carbocycles. The van der Waals surface area contributed by atoms with Crippen LogP contribution in [-0.2, 0) is 5.75 Å². The van der Waals surface area contributed by atoms with Gasteiger partial charge in [0.05, 0.1) is 5.69 Å². The van der Waals surface area contributed by atoms with Gasteiger partial charge < -0.3 is 9.09 Å². The smallest absolute Gasteiger partial charge is 0.273 e. The third kappa shape index (κ3) is 3.07. The molecule has 0 fully saturated rings. The normalized spacial score (nSPS) is 11.2. The standard InChI is InChI=1S/C13H17N3O2S/c1-8(2)16-6-5-12(17)14-13(16)19-7-11-9(3)15-18-10(11)4/h5-6,8H,7H2,1-4H3. The number of aryl methyl sites for hydroxylation is 2. The van der Waals surface area contributed by atoms with Crippen molar-refractivity contribution in [1.29, 1.82) is 0 Å². The number of rotatable bonds is 4. The molecule has 0 N–H and O–H groups in total. The fourth-order valence-corrected chi connectivity index (χ4v) is 3.00. The molecule has 6 heteroatoms. The maximum Gasteiger partial charge on any atom is 0.273 e. The summed E-state index contributed by atoms with van der Waals surface area (Å²) in [4.78, 5) is 15.5. The Balaban J connectivity index is 2.24. The minimum absolute atomic E-state index is 0.210. The SMILES string of the molecule is Cc1noc(C)c1CSc1nc(=O)ccn1C(C)C. The Labute approximate surface area is 116 Å². The Morgan fingerprint density at radius 1 is 1.42 bits per heavy atom. The first-order valence-corrected chi connectivity index (χ1v) is 7.11. The van der Waals surface area contributed by atoms with E-state index in [0.29, 0.717) is 5.75 Å². The molecule has 0 radical (unpaired) electrons. The van der Waals surface area contributed by atoms with Gasteiger partial charge in [-0.1, -0.05) is 16.9 Å². The van der Waals surface area contributed by atoms with Crippen molar-refractivity contribution in [2.45, 2.75) is 44.6 Å². The Bertz CT molecular complexity index is 612. The molecule has 2 heterocycles. The molecule has 2 aromatic heterocycles. The van der Waals surface area contributed by atoms with E-state index in [0.717, 1.165) is 22.2 Å². The Morgan fingerprint density at radius 2 is 2.16 bits per heavy atom. The van der Waals surface area contributed by atoms with E-state index in [1.807, 2.05) is 18.4 Å². The van der Waals surface area contributed by atoms with Crippen LogP contribution >= 0.6 is 11.8 Å². The molecule has 0 unspecified atom stereocenters. The number of hydrogen-bond donors (Lipinski definition) is 0. The average molecular weight is 279 g/mol. The second kappa shape index (κ2) is 5.61. The molecule has 0 saturated heterocycles. The van der Waals surface area contributed by atoms with E-state index in [-0.39, 0.29) is 11.6 Å². The lowest BCUT2D eigenvalue weighted by molar-refractivity contribution is 0.392. The summed E-state index contributed by atoms with van der Waals surface area (Å²) >= 11 is 1.53. The highest BCUT2D eigenvalue weighted by atomic mass is 32.2. The predicted molar refractivity (Wildman–Crippen MR) is 74.4 cm³/mol. The van der Waals surface area contributed by atoms with Gasteiger partial charge in [0.15, 0.2) is 5.16 Å². The first-order valence-electron chi connectivity index (χ1n) is 6.12. The first kappa shape index (κ1) is 13.9. The van der Waals surface area contributed by atoms with Crippen molar-refractivity contribution < 1.29 is 4.52 Å². The zero-order chi connectivity index (χ0) is 14.0. The number of thioether (sulfide) groups is 1. The monoisotopic (exact) mass is 279 g/mol. The van der Waals surface area contributed by atoms with Crippen LogP contribution in [0.25, 0.3) is 0 Å². The second-order valence-electron chi connectivity index (χ2n) is 4.64. The Kier molecular flexibility index (Phi) is 4.09. The number of aromatic nitrogens is 3. The van der Waals surface area contributed by atoms with Gasteiger partial charge in [0.25, 0.3) is 5.56 Å². The number of nitrogens with zero attached hydrogens (tertiary/aromatic N) is 3. The van der Waals surface area contributed by atoms with Gasteiger partial charge in [-0.2, -0.15) is 4.98 Å². The summed E-state index contributed by atoms with van der Waals surface area (Å²) in [7, 11) is 0. The van der Waals surface area contributed by atoms with Crippen LogP contribution in [0.1, 0.15) is 36.9 Å². The first-order chi connectivity index (χ1) is 8.99. The highest BCUT2D eigenvalue weighted by molar-refractivity contribution is 7.98. The van der Waals surface area contributed by atoms with Gasteiger partial charge in [0.2, 0.25) is 0 Å². The van der Waals surface area contributed by atoms with Gasteiger partial charge in [-0.25, -0.2) is 0 Å². The average Bonchev–Trinajstić information content (AvgIpc) is 2.66. The molecule has 0 saturated carbocycles. The second-order valence-corrected chi connectivity index (χ2v) is 5.58. The fraction of sp³-hybridized carbons (Fsp3) is 0.462. The van der Waals surface area contributed by atoms with E-state index in [4.69, 9.17) is 4.52 Å². The van der Waals surface area contributed by atoms with Crippen molar-refractivity contribution in [1.82, 2.24) is 14.7 Å². The topological polar surface area (TPSA) is 60.9 Å². The summed E-state index contributed by atoms with van der Waals surface area (Å²) in [6, 6.07) is 1.75. The quantitative estimate of drug-likeness (QED) is 0.636. The van der Waals surface area contributed by atoms with Crippen molar-refractivity contribution in [2.24, 2.45) is 0 Å². The summed E-state index contributed by atoms with van der Waals surface area (Å²) in [5, 5.41) is 4.65. The third-order valence-electron chi connectivity index (χ3n) is 2.89. The minimum Gasteiger partial charge on any atom is -0.361 e. The molecular formula is C13H17N3O2S. The van der Waals surface area contributed by atoms with Crippen LogP contribution in [-0.4, -0.2) is 14.7 Å². The molecule has 0 amide bonds. The molecule has 0 bridgehead atoms. The molecule has 2 aromatic rings. The molecule has 0 spiro atoms. The summed E-state index contributed by atoms with van der Waals surface area (Å²) in [5.74, 6) is 1.52. The molecule has 2 rings (SSSR count). The van der Waals surface area contributed by atoms with Gasteiger partial charge in [0.1, 0.15) is 5.76 Å². The summed E-state index contributed by atoms with van der Waals surface area (Å²) in [5.41, 5.74) is 1.75. The van der Waals surface area contributed by atoms with E-state index in [1.165, 1.54) is 17.8 Å². The molecule has 0 aliphatic carbocycles. The van der Waals surface area contributed by atoms with Gasteiger partial charge in [0, 0.05) is 29.6 Å². The maximum atomic E-state index is 11.4. The molecule has 0 aliphatic rings. The van der Waals surface area contributed by atoms with E-state index in [2.05, 4.69) is 24.0 Å². The van der Waals surface area contributed by atoms with Crippen molar-refractivity contribution in [2.75, 3.05) is 0 Å². The molecule has 5 nitrogen and oxygen atoms in total. The van der Waals surface area contributed by atoms with E-state index < -0.39 is 0 Å². The lowest BCUT2D eigenvalue weighted by Crippen LogP contribution is -2.14. The van der Waals surface area contributed by atoms with Crippen molar-refractivity contribution in [3.05, 3.63) is 39.6 Å². The lowest BCUT2D eigenvalue weighted by Gasteiger charge is -2.14. The van der Waals surface area contributed by atoms with E-state index in [1.54, 1.807) is 6.20 Å². The van der Waals surface area contributed by atoms with Gasteiger partial charge in [-0.05, 0) is 27.7 Å². The van der Waals surface area contributed by atoms with Crippen molar-refractivity contribution >= 4 is 11.8 Å². The van der Waals surface area contributed by atoms with Gasteiger partial charge >= 0.3 is 0 Å². The highest BCUT2D eigenvalue weighted by Crippen LogP contribution is 2.25. The number of hydrogen-bond acceptors (Lipinski definition) is 5. The largest absolute Gasteiger partial charge is 0.361 e. The molecule has 102 valence electrons. The Hall–Kier alpha value is -1.56. The van der Waals surface area contributed by atoms with Crippen LogP contribution in [0, 0.1) is 13.8 Å². The lowest BCUT2D eigenvalue weighted by atomic mass is 10.2. The zero-order valence-corrected chi connectivity index (χ0v) is 12.3.